The van der Waals surface area contributed by atoms with Crippen LogP contribution < -0.4 is 5.73 Å². The van der Waals surface area contributed by atoms with Gasteiger partial charge in [-0.15, -0.1) is 10.2 Å². The zero-order valence-electron chi connectivity index (χ0n) is 10.8. The van der Waals surface area contributed by atoms with Crippen molar-refractivity contribution in [3.8, 4) is 0 Å². The van der Waals surface area contributed by atoms with Crippen LogP contribution >= 0.6 is 0 Å². The maximum atomic E-state index is 12.2. The molecule has 2 rings (SSSR count). The van der Waals surface area contributed by atoms with Gasteiger partial charge in [-0.25, -0.2) is 0 Å². The molecular formula is C12H19N5O. The average molecular weight is 249 g/mol. The van der Waals surface area contributed by atoms with Crippen LogP contribution in [-0.2, 0) is 0 Å². The molecule has 1 aromatic heterocycles. The van der Waals surface area contributed by atoms with Crippen molar-refractivity contribution in [2.45, 2.75) is 18.9 Å². The molecular weight excluding hydrogens is 230 g/mol. The van der Waals surface area contributed by atoms with Gasteiger partial charge in [0.15, 0.2) is 5.69 Å². The molecule has 1 amide bonds. The molecule has 1 aliphatic rings. The summed E-state index contributed by atoms with van der Waals surface area (Å²) in [7, 11) is 4.15. The summed E-state index contributed by atoms with van der Waals surface area (Å²) in [5, 5.41) is 7.54. The molecule has 1 saturated heterocycles. The van der Waals surface area contributed by atoms with E-state index in [4.69, 9.17) is 5.73 Å². The number of hydrogen-bond acceptors (Lipinski definition) is 5. The molecule has 1 fully saturated rings. The summed E-state index contributed by atoms with van der Waals surface area (Å²) in [6, 6.07) is 3.79. The number of amides is 1. The minimum absolute atomic E-state index is 0.0558. The Labute approximate surface area is 107 Å². The van der Waals surface area contributed by atoms with Crippen LogP contribution in [0.3, 0.4) is 0 Å². The van der Waals surface area contributed by atoms with Crippen LogP contribution in [0.5, 0.6) is 0 Å². The van der Waals surface area contributed by atoms with Crippen molar-refractivity contribution in [2.75, 3.05) is 32.9 Å². The van der Waals surface area contributed by atoms with Crippen LogP contribution in [0.4, 0.5) is 5.82 Å². The lowest BCUT2D eigenvalue weighted by molar-refractivity contribution is 0.0656. The highest BCUT2D eigenvalue weighted by molar-refractivity contribution is 5.92. The van der Waals surface area contributed by atoms with Gasteiger partial charge >= 0.3 is 0 Å². The second-order valence-electron chi connectivity index (χ2n) is 4.83. The number of carbonyl (C=O) groups excluding carboxylic acids is 1. The maximum Gasteiger partial charge on any atom is 0.274 e. The van der Waals surface area contributed by atoms with Gasteiger partial charge in [0.05, 0.1) is 0 Å². The molecule has 1 aromatic rings. The molecule has 18 heavy (non-hydrogen) atoms. The van der Waals surface area contributed by atoms with E-state index in [1.807, 2.05) is 4.90 Å². The van der Waals surface area contributed by atoms with Gasteiger partial charge in [0.1, 0.15) is 5.82 Å². The van der Waals surface area contributed by atoms with Gasteiger partial charge in [-0.1, -0.05) is 0 Å². The Kier molecular flexibility index (Phi) is 3.76. The lowest BCUT2D eigenvalue weighted by Gasteiger charge is -2.34. The first-order valence-corrected chi connectivity index (χ1v) is 6.13. The number of nitrogen functional groups attached to an aromatic ring is 1. The average Bonchev–Trinajstić information content (AvgIpc) is 2.39. The Morgan fingerprint density at radius 3 is 2.50 bits per heavy atom. The van der Waals surface area contributed by atoms with Crippen LogP contribution in [0, 0.1) is 0 Å². The first kappa shape index (κ1) is 12.8. The zero-order valence-corrected chi connectivity index (χ0v) is 10.8. The van der Waals surface area contributed by atoms with Gasteiger partial charge in [0.2, 0.25) is 0 Å². The van der Waals surface area contributed by atoms with Crippen LogP contribution in [-0.4, -0.2) is 59.1 Å². The van der Waals surface area contributed by atoms with Crippen molar-refractivity contribution >= 4 is 11.7 Å². The van der Waals surface area contributed by atoms with E-state index >= 15 is 0 Å². The number of nitrogens with two attached hydrogens (primary N) is 1. The summed E-state index contributed by atoms with van der Waals surface area (Å²) in [6.07, 6.45) is 2.00. The van der Waals surface area contributed by atoms with Gasteiger partial charge in [-0.05, 0) is 39.1 Å². The smallest absolute Gasteiger partial charge is 0.274 e. The molecule has 2 N–H and O–H groups in total. The summed E-state index contributed by atoms with van der Waals surface area (Å²) >= 11 is 0. The molecule has 2 heterocycles. The SMILES string of the molecule is CN(C)C1CCN(C(=O)c2ccc(N)nn2)CC1. The summed E-state index contributed by atoms with van der Waals surface area (Å²) in [5.74, 6) is 0.276. The molecule has 0 bridgehead atoms. The van der Waals surface area contributed by atoms with Gasteiger partial charge in [-0.3, -0.25) is 4.79 Å². The minimum atomic E-state index is -0.0558. The summed E-state index contributed by atoms with van der Waals surface area (Å²) in [4.78, 5) is 16.2. The van der Waals surface area contributed by atoms with E-state index in [0.717, 1.165) is 25.9 Å². The van der Waals surface area contributed by atoms with E-state index in [-0.39, 0.29) is 5.91 Å². The summed E-state index contributed by atoms with van der Waals surface area (Å²) < 4.78 is 0. The third kappa shape index (κ3) is 2.76. The zero-order chi connectivity index (χ0) is 13.1. The first-order valence-electron chi connectivity index (χ1n) is 6.13. The Hall–Kier alpha value is -1.69. The largest absolute Gasteiger partial charge is 0.382 e. The quantitative estimate of drug-likeness (QED) is 0.811. The van der Waals surface area contributed by atoms with E-state index < -0.39 is 0 Å². The normalized spacial score (nSPS) is 17.2. The number of piperidine rings is 1. The van der Waals surface area contributed by atoms with Crippen LogP contribution in [0.2, 0.25) is 0 Å². The number of rotatable bonds is 2. The van der Waals surface area contributed by atoms with Crippen molar-refractivity contribution in [3.05, 3.63) is 17.8 Å². The van der Waals surface area contributed by atoms with Crippen molar-refractivity contribution in [1.29, 1.82) is 0 Å². The summed E-state index contributed by atoms with van der Waals surface area (Å²) in [6.45, 7) is 1.54. The number of likely N-dealkylation sites (tertiary alicyclic amines) is 1. The Bertz CT molecular complexity index is 409. The number of nitrogens with zero attached hydrogens (tertiary/aromatic N) is 4. The fraction of sp³-hybridized carbons (Fsp3) is 0.583. The van der Waals surface area contributed by atoms with Gasteiger partial charge in [0.25, 0.3) is 5.91 Å². The highest BCUT2D eigenvalue weighted by atomic mass is 16.2. The van der Waals surface area contributed by atoms with Crippen molar-refractivity contribution in [3.63, 3.8) is 0 Å². The second kappa shape index (κ2) is 5.30. The maximum absolute atomic E-state index is 12.2. The van der Waals surface area contributed by atoms with Crippen molar-refractivity contribution < 1.29 is 4.79 Å². The molecule has 0 radical (unpaired) electrons. The Balaban J connectivity index is 1.97. The summed E-state index contributed by atoms with van der Waals surface area (Å²) in [5.41, 5.74) is 5.82. The van der Waals surface area contributed by atoms with Gasteiger partial charge in [0, 0.05) is 19.1 Å². The van der Waals surface area contributed by atoms with E-state index in [2.05, 4.69) is 29.2 Å². The number of anilines is 1. The molecule has 0 spiro atoms. The number of carbonyl (C=O) groups is 1. The lowest BCUT2D eigenvalue weighted by atomic mass is 10.0. The standard InChI is InChI=1S/C12H19N5O/c1-16(2)9-5-7-17(8-6-9)12(18)10-3-4-11(13)15-14-10/h3-4,9H,5-8H2,1-2H3,(H2,13,15). The number of hydrogen-bond donors (Lipinski definition) is 1. The predicted molar refractivity (Wildman–Crippen MR) is 69.1 cm³/mol. The van der Waals surface area contributed by atoms with E-state index in [1.54, 1.807) is 12.1 Å². The third-order valence-corrected chi connectivity index (χ3v) is 3.39. The fourth-order valence-electron chi connectivity index (χ4n) is 2.20. The van der Waals surface area contributed by atoms with Crippen molar-refractivity contribution in [1.82, 2.24) is 20.0 Å². The number of aromatic nitrogens is 2. The Morgan fingerprint density at radius 2 is 2.00 bits per heavy atom. The second-order valence-corrected chi connectivity index (χ2v) is 4.83. The molecule has 0 saturated carbocycles. The molecule has 0 aromatic carbocycles. The lowest BCUT2D eigenvalue weighted by Crippen LogP contribution is -2.44. The van der Waals surface area contributed by atoms with E-state index in [0.29, 0.717) is 17.6 Å². The highest BCUT2D eigenvalue weighted by Gasteiger charge is 2.25. The van der Waals surface area contributed by atoms with Gasteiger partial charge < -0.3 is 15.5 Å². The molecule has 6 nitrogen and oxygen atoms in total. The predicted octanol–water partition coefficient (Wildman–Crippen LogP) is 0.225. The van der Waals surface area contributed by atoms with E-state index in [9.17, 15) is 4.79 Å². The van der Waals surface area contributed by atoms with E-state index in [1.165, 1.54) is 0 Å². The highest BCUT2D eigenvalue weighted by Crippen LogP contribution is 2.15. The molecule has 0 aliphatic carbocycles. The molecule has 98 valence electrons. The van der Waals surface area contributed by atoms with Gasteiger partial charge in [-0.2, -0.15) is 0 Å². The van der Waals surface area contributed by atoms with Crippen LogP contribution in [0.15, 0.2) is 12.1 Å². The molecule has 0 unspecified atom stereocenters. The fourth-order valence-corrected chi connectivity index (χ4v) is 2.20. The van der Waals surface area contributed by atoms with Crippen LogP contribution in [0.25, 0.3) is 0 Å². The van der Waals surface area contributed by atoms with Crippen molar-refractivity contribution in [2.24, 2.45) is 0 Å². The topological polar surface area (TPSA) is 75.3 Å². The van der Waals surface area contributed by atoms with Crippen LogP contribution in [0.1, 0.15) is 23.3 Å². The monoisotopic (exact) mass is 249 g/mol. The minimum Gasteiger partial charge on any atom is -0.382 e. The molecule has 1 aliphatic heterocycles. The Morgan fingerprint density at radius 1 is 1.33 bits per heavy atom. The molecule has 6 heteroatoms. The molecule has 0 atom stereocenters. The first-order chi connectivity index (χ1) is 8.58. The third-order valence-electron chi connectivity index (χ3n) is 3.39.